The van der Waals surface area contributed by atoms with Crippen molar-refractivity contribution in [1.82, 2.24) is 4.90 Å². The van der Waals surface area contributed by atoms with Gasteiger partial charge in [0.1, 0.15) is 6.61 Å². The summed E-state index contributed by atoms with van der Waals surface area (Å²) in [5.74, 6) is 5.56. The zero-order chi connectivity index (χ0) is 15.7. The van der Waals surface area contributed by atoms with Gasteiger partial charge in [-0.3, -0.25) is 4.79 Å². The minimum atomic E-state index is -0.243. The molecule has 0 saturated heterocycles. The van der Waals surface area contributed by atoms with Crippen LogP contribution in [-0.2, 0) is 0 Å². The molecular weight excluding hydrogens is 264 g/mol. The van der Waals surface area contributed by atoms with Gasteiger partial charge >= 0.3 is 0 Å². The van der Waals surface area contributed by atoms with Gasteiger partial charge in [-0.1, -0.05) is 37.8 Å². The topological polar surface area (TPSA) is 64.3 Å². The molecule has 0 fully saturated rings. The second-order valence-corrected chi connectivity index (χ2v) is 5.06. The van der Waals surface area contributed by atoms with Crippen molar-refractivity contribution in [3.63, 3.8) is 0 Å². The van der Waals surface area contributed by atoms with Gasteiger partial charge in [-0.2, -0.15) is 5.26 Å². The minimum absolute atomic E-state index is 0.123. The number of nitriles is 1. The Morgan fingerprint density at radius 1 is 1.38 bits per heavy atom. The highest BCUT2D eigenvalue weighted by Gasteiger charge is 2.18. The van der Waals surface area contributed by atoms with Crippen molar-refractivity contribution in [3.8, 4) is 17.9 Å². The molecule has 0 saturated carbocycles. The van der Waals surface area contributed by atoms with E-state index in [4.69, 9.17) is 10.4 Å². The van der Waals surface area contributed by atoms with Crippen LogP contribution in [0, 0.1) is 29.1 Å². The molecule has 21 heavy (non-hydrogen) atoms. The third kappa shape index (κ3) is 5.30. The molecule has 1 amide bonds. The molecule has 0 spiro atoms. The van der Waals surface area contributed by atoms with E-state index in [0.29, 0.717) is 36.6 Å². The number of carbonyl (C=O) groups is 1. The Bertz CT molecular complexity index is 576. The van der Waals surface area contributed by atoms with Gasteiger partial charge in [0.05, 0.1) is 18.1 Å². The molecule has 1 N–H and O–H groups in total. The molecule has 4 nitrogen and oxygen atoms in total. The Kier molecular flexibility index (Phi) is 7.01. The molecule has 0 aliphatic rings. The fraction of sp³-hybridized carbons (Fsp3) is 0.412. The summed E-state index contributed by atoms with van der Waals surface area (Å²) in [4.78, 5) is 14.3. The van der Waals surface area contributed by atoms with Crippen LogP contribution in [-0.4, -0.2) is 35.6 Å². The van der Waals surface area contributed by atoms with E-state index in [9.17, 15) is 4.79 Å². The van der Waals surface area contributed by atoms with Crippen LogP contribution in [0.25, 0.3) is 0 Å². The van der Waals surface area contributed by atoms with Gasteiger partial charge in [-0.25, -0.2) is 0 Å². The quantitative estimate of drug-likeness (QED) is 0.842. The SMILES string of the molecule is CC(C)CN(CCC#N)C(=O)c1ccccc1C#CCO. The molecule has 4 heteroatoms. The zero-order valence-electron chi connectivity index (χ0n) is 12.5. The first-order valence-electron chi connectivity index (χ1n) is 6.95. The number of carbonyl (C=O) groups excluding carboxylic acids is 1. The van der Waals surface area contributed by atoms with E-state index in [1.807, 2.05) is 13.8 Å². The highest BCUT2D eigenvalue weighted by molar-refractivity contribution is 5.96. The van der Waals surface area contributed by atoms with Crippen LogP contribution in [0.1, 0.15) is 36.2 Å². The van der Waals surface area contributed by atoms with Crippen molar-refractivity contribution < 1.29 is 9.90 Å². The van der Waals surface area contributed by atoms with Gasteiger partial charge in [-0.15, -0.1) is 0 Å². The van der Waals surface area contributed by atoms with Crippen molar-refractivity contribution >= 4 is 5.91 Å². The van der Waals surface area contributed by atoms with Crippen molar-refractivity contribution in [2.75, 3.05) is 19.7 Å². The Morgan fingerprint density at radius 3 is 2.71 bits per heavy atom. The molecule has 0 unspecified atom stereocenters. The van der Waals surface area contributed by atoms with Crippen LogP contribution < -0.4 is 0 Å². The first kappa shape index (κ1) is 16.8. The van der Waals surface area contributed by atoms with Gasteiger partial charge < -0.3 is 10.0 Å². The Hall–Kier alpha value is -2.30. The third-order valence-corrected chi connectivity index (χ3v) is 2.83. The van der Waals surface area contributed by atoms with E-state index in [0.717, 1.165) is 0 Å². The van der Waals surface area contributed by atoms with Gasteiger partial charge in [0, 0.05) is 18.7 Å². The van der Waals surface area contributed by atoms with Crippen LogP contribution in [0.15, 0.2) is 24.3 Å². The first-order valence-corrected chi connectivity index (χ1v) is 6.95. The number of benzene rings is 1. The molecule has 0 aromatic heterocycles. The summed E-state index contributed by atoms with van der Waals surface area (Å²) in [5, 5.41) is 17.5. The lowest BCUT2D eigenvalue weighted by atomic mass is 10.1. The van der Waals surface area contributed by atoms with E-state index >= 15 is 0 Å². The van der Waals surface area contributed by atoms with Gasteiger partial charge in [0.15, 0.2) is 0 Å². The number of hydrogen-bond acceptors (Lipinski definition) is 3. The number of hydrogen-bond donors (Lipinski definition) is 1. The van der Waals surface area contributed by atoms with Crippen LogP contribution in [0.4, 0.5) is 0 Å². The standard InChI is InChI=1S/C17H20N2O2/c1-14(2)13-19(11-6-10-18)17(21)16-9-4-3-7-15(16)8-5-12-20/h3-4,7,9,14,20H,6,11-13H2,1-2H3. The lowest BCUT2D eigenvalue weighted by molar-refractivity contribution is 0.0739. The largest absolute Gasteiger partial charge is 0.384 e. The normalized spacial score (nSPS) is 9.67. The van der Waals surface area contributed by atoms with Crippen LogP contribution >= 0.6 is 0 Å². The van der Waals surface area contributed by atoms with E-state index < -0.39 is 0 Å². The van der Waals surface area contributed by atoms with E-state index in [-0.39, 0.29) is 12.5 Å². The van der Waals surface area contributed by atoms with Crippen molar-refractivity contribution in [2.24, 2.45) is 5.92 Å². The molecule has 1 aromatic carbocycles. The molecule has 0 radical (unpaired) electrons. The predicted molar refractivity (Wildman–Crippen MR) is 81.4 cm³/mol. The van der Waals surface area contributed by atoms with Crippen LogP contribution in [0.3, 0.4) is 0 Å². The average molecular weight is 284 g/mol. The molecule has 1 aromatic rings. The maximum atomic E-state index is 12.7. The molecule has 0 atom stereocenters. The van der Waals surface area contributed by atoms with Crippen LogP contribution in [0.2, 0.25) is 0 Å². The molecule has 0 bridgehead atoms. The zero-order valence-corrected chi connectivity index (χ0v) is 12.5. The summed E-state index contributed by atoms with van der Waals surface area (Å²) in [7, 11) is 0. The summed E-state index contributed by atoms with van der Waals surface area (Å²) < 4.78 is 0. The van der Waals surface area contributed by atoms with E-state index in [1.165, 1.54) is 0 Å². The van der Waals surface area contributed by atoms with Crippen molar-refractivity contribution in [3.05, 3.63) is 35.4 Å². The third-order valence-electron chi connectivity index (χ3n) is 2.83. The lowest BCUT2D eigenvalue weighted by Gasteiger charge is -2.24. The summed E-state index contributed by atoms with van der Waals surface area (Å²) in [6, 6.07) is 9.15. The summed E-state index contributed by atoms with van der Waals surface area (Å²) >= 11 is 0. The first-order chi connectivity index (χ1) is 10.1. The highest BCUT2D eigenvalue weighted by atomic mass is 16.2. The minimum Gasteiger partial charge on any atom is -0.384 e. The maximum absolute atomic E-state index is 12.7. The Labute approximate surface area is 126 Å². The second-order valence-electron chi connectivity index (χ2n) is 5.06. The highest BCUT2D eigenvalue weighted by Crippen LogP contribution is 2.13. The van der Waals surface area contributed by atoms with Gasteiger partial charge in [-0.05, 0) is 18.1 Å². The fourth-order valence-electron chi connectivity index (χ4n) is 1.99. The number of aliphatic hydroxyl groups excluding tert-OH is 1. The fourth-order valence-corrected chi connectivity index (χ4v) is 1.99. The molecule has 0 aliphatic carbocycles. The number of rotatable bonds is 5. The maximum Gasteiger partial charge on any atom is 0.255 e. The van der Waals surface area contributed by atoms with Crippen molar-refractivity contribution in [1.29, 1.82) is 5.26 Å². The monoisotopic (exact) mass is 284 g/mol. The Balaban J connectivity index is 3.05. The summed E-state index contributed by atoms with van der Waals surface area (Å²) in [5.41, 5.74) is 1.11. The molecule has 0 heterocycles. The van der Waals surface area contributed by atoms with Gasteiger partial charge in [0.2, 0.25) is 0 Å². The molecule has 0 aliphatic heterocycles. The number of amides is 1. The lowest BCUT2D eigenvalue weighted by Crippen LogP contribution is -2.35. The van der Waals surface area contributed by atoms with Crippen molar-refractivity contribution in [2.45, 2.75) is 20.3 Å². The molecular formula is C17H20N2O2. The molecule has 110 valence electrons. The summed E-state index contributed by atoms with van der Waals surface area (Å²) in [6.45, 7) is 4.83. The number of nitrogens with zero attached hydrogens (tertiary/aromatic N) is 2. The second kappa shape index (κ2) is 8.79. The molecule has 1 rings (SSSR count). The summed E-state index contributed by atoms with van der Waals surface area (Å²) in [6.07, 6.45) is 0.308. The average Bonchev–Trinajstić information content (AvgIpc) is 2.48. The Morgan fingerprint density at radius 2 is 2.10 bits per heavy atom. The van der Waals surface area contributed by atoms with Crippen LogP contribution in [0.5, 0.6) is 0 Å². The smallest absolute Gasteiger partial charge is 0.255 e. The van der Waals surface area contributed by atoms with E-state index in [2.05, 4.69) is 17.9 Å². The van der Waals surface area contributed by atoms with Gasteiger partial charge in [0.25, 0.3) is 5.91 Å². The number of aliphatic hydroxyl groups is 1. The predicted octanol–water partition coefficient (Wildman–Crippen LogP) is 2.04. The van der Waals surface area contributed by atoms with E-state index in [1.54, 1.807) is 29.2 Å².